The lowest BCUT2D eigenvalue weighted by atomic mass is 10.2. The van der Waals surface area contributed by atoms with Gasteiger partial charge in [-0.1, -0.05) is 53.7 Å². The number of aryl methyl sites for hydroxylation is 1. The standard InChI is InChI=1S/C19H17NO2S/c1-3-15-20(16-7-10-18-8-5-4-6-9-18)23(21,22)19-13-11-17(2)12-14-19/h1,4-6,8-9,11-14H,15-16H2,2H3. The molecule has 0 saturated heterocycles. The molecule has 0 heterocycles. The van der Waals surface area contributed by atoms with Crippen molar-refractivity contribution in [2.24, 2.45) is 0 Å². The molecule has 0 aliphatic carbocycles. The van der Waals surface area contributed by atoms with Crippen LogP contribution in [0.3, 0.4) is 0 Å². The first kappa shape index (κ1) is 16.8. The van der Waals surface area contributed by atoms with Crippen molar-refractivity contribution in [2.45, 2.75) is 11.8 Å². The molecule has 0 N–H and O–H groups in total. The molecule has 4 heteroatoms. The molecule has 0 unspecified atom stereocenters. The highest BCUT2D eigenvalue weighted by Crippen LogP contribution is 2.15. The Kier molecular flexibility index (Phi) is 5.60. The molecule has 0 spiro atoms. The Morgan fingerprint density at radius 3 is 2.26 bits per heavy atom. The van der Waals surface area contributed by atoms with Crippen molar-refractivity contribution < 1.29 is 8.42 Å². The fourth-order valence-corrected chi connectivity index (χ4v) is 3.20. The van der Waals surface area contributed by atoms with Crippen molar-refractivity contribution in [3.63, 3.8) is 0 Å². The van der Waals surface area contributed by atoms with Gasteiger partial charge in [0.05, 0.1) is 18.0 Å². The molecular formula is C19H17NO2S. The highest BCUT2D eigenvalue weighted by Gasteiger charge is 2.22. The minimum atomic E-state index is -3.65. The Labute approximate surface area is 138 Å². The van der Waals surface area contributed by atoms with Crippen molar-refractivity contribution in [1.82, 2.24) is 4.31 Å². The van der Waals surface area contributed by atoms with Gasteiger partial charge in [-0.15, -0.1) is 6.42 Å². The minimum Gasteiger partial charge on any atom is -0.207 e. The molecule has 0 aromatic heterocycles. The Morgan fingerprint density at radius 1 is 1.00 bits per heavy atom. The summed E-state index contributed by atoms with van der Waals surface area (Å²) in [7, 11) is -3.65. The molecule has 2 aromatic carbocycles. The van der Waals surface area contributed by atoms with Crippen LogP contribution in [0.1, 0.15) is 11.1 Å². The second kappa shape index (κ2) is 7.65. The summed E-state index contributed by atoms with van der Waals surface area (Å²) in [5, 5.41) is 0. The summed E-state index contributed by atoms with van der Waals surface area (Å²) in [5.74, 6) is 8.20. The van der Waals surface area contributed by atoms with Gasteiger partial charge in [-0.3, -0.25) is 0 Å². The van der Waals surface area contributed by atoms with E-state index in [-0.39, 0.29) is 18.0 Å². The van der Waals surface area contributed by atoms with Crippen molar-refractivity contribution in [2.75, 3.05) is 13.1 Å². The lowest BCUT2D eigenvalue weighted by Crippen LogP contribution is -2.31. The predicted molar refractivity (Wildman–Crippen MR) is 92.1 cm³/mol. The maximum atomic E-state index is 12.6. The molecule has 0 fully saturated rings. The number of nitrogens with zero attached hydrogens (tertiary/aromatic N) is 1. The van der Waals surface area contributed by atoms with E-state index in [1.807, 2.05) is 37.3 Å². The van der Waals surface area contributed by atoms with Gasteiger partial charge in [0.1, 0.15) is 0 Å². The Hall–Kier alpha value is -2.53. The van der Waals surface area contributed by atoms with Crippen molar-refractivity contribution in [1.29, 1.82) is 0 Å². The van der Waals surface area contributed by atoms with Crippen LogP contribution in [0.4, 0.5) is 0 Å². The van der Waals surface area contributed by atoms with Crippen LogP contribution in [0.2, 0.25) is 0 Å². The van der Waals surface area contributed by atoms with E-state index < -0.39 is 10.0 Å². The lowest BCUT2D eigenvalue weighted by Gasteiger charge is -2.17. The van der Waals surface area contributed by atoms with Crippen LogP contribution < -0.4 is 0 Å². The van der Waals surface area contributed by atoms with E-state index >= 15 is 0 Å². The van der Waals surface area contributed by atoms with Crippen LogP contribution in [-0.4, -0.2) is 25.8 Å². The highest BCUT2D eigenvalue weighted by molar-refractivity contribution is 7.89. The van der Waals surface area contributed by atoms with Crippen molar-refractivity contribution in [3.05, 3.63) is 65.7 Å². The summed E-state index contributed by atoms with van der Waals surface area (Å²) in [6.45, 7) is 1.94. The Bertz CT molecular complexity index is 852. The average molecular weight is 323 g/mol. The quantitative estimate of drug-likeness (QED) is 0.811. The Morgan fingerprint density at radius 2 is 1.65 bits per heavy atom. The maximum Gasteiger partial charge on any atom is 0.244 e. The van der Waals surface area contributed by atoms with Crippen LogP contribution in [-0.2, 0) is 10.0 Å². The van der Waals surface area contributed by atoms with Gasteiger partial charge in [-0.05, 0) is 31.2 Å². The summed E-state index contributed by atoms with van der Waals surface area (Å²) in [6, 6.07) is 16.1. The third-order valence-electron chi connectivity index (χ3n) is 3.19. The molecule has 0 radical (unpaired) electrons. The first-order valence-corrected chi connectivity index (χ1v) is 8.52. The van der Waals surface area contributed by atoms with E-state index in [9.17, 15) is 8.42 Å². The molecule has 2 aromatic rings. The SMILES string of the molecule is C#CCN(CC#Cc1ccccc1)S(=O)(=O)c1ccc(C)cc1. The van der Waals surface area contributed by atoms with Gasteiger partial charge in [0, 0.05) is 5.56 Å². The number of terminal acetylenes is 1. The number of rotatable bonds is 4. The maximum absolute atomic E-state index is 12.6. The third kappa shape index (κ3) is 4.47. The van der Waals surface area contributed by atoms with E-state index in [4.69, 9.17) is 6.42 Å². The molecule has 0 aliphatic rings. The summed E-state index contributed by atoms with van der Waals surface area (Å²) < 4.78 is 26.5. The molecule has 116 valence electrons. The molecule has 3 nitrogen and oxygen atoms in total. The smallest absolute Gasteiger partial charge is 0.207 e. The van der Waals surface area contributed by atoms with Gasteiger partial charge in [0.15, 0.2) is 0 Å². The molecule has 0 bridgehead atoms. The van der Waals surface area contributed by atoms with E-state index in [2.05, 4.69) is 17.8 Å². The van der Waals surface area contributed by atoms with Crippen molar-refractivity contribution >= 4 is 10.0 Å². The monoisotopic (exact) mass is 323 g/mol. The minimum absolute atomic E-state index is 0.0142. The average Bonchev–Trinajstić information content (AvgIpc) is 2.55. The fraction of sp³-hybridized carbons (Fsp3) is 0.158. The number of hydrogen-bond donors (Lipinski definition) is 0. The van der Waals surface area contributed by atoms with Crippen LogP contribution in [0.15, 0.2) is 59.5 Å². The number of hydrogen-bond acceptors (Lipinski definition) is 2. The topological polar surface area (TPSA) is 37.4 Å². The molecule has 2 rings (SSSR count). The second-order valence-corrected chi connectivity index (χ2v) is 6.90. The number of benzene rings is 2. The molecule has 0 saturated carbocycles. The van der Waals surface area contributed by atoms with E-state index in [0.717, 1.165) is 11.1 Å². The zero-order valence-electron chi connectivity index (χ0n) is 12.9. The van der Waals surface area contributed by atoms with Crippen LogP contribution in [0, 0.1) is 31.1 Å². The second-order valence-electron chi connectivity index (χ2n) is 4.96. The van der Waals surface area contributed by atoms with Crippen LogP contribution >= 0.6 is 0 Å². The zero-order chi connectivity index (χ0) is 16.7. The fourth-order valence-electron chi connectivity index (χ4n) is 1.94. The largest absolute Gasteiger partial charge is 0.244 e. The predicted octanol–water partition coefficient (Wildman–Crippen LogP) is 2.67. The third-order valence-corrected chi connectivity index (χ3v) is 4.99. The molecule has 0 amide bonds. The normalized spacial score (nSPS) is 10.7. The van der Waals surface area contributed by atoms with E-state index in [1.165, 1.54) is 4.31 Å². The van der Waals surface area contributed by atoms with Gasteiger partial charge in [-0.25, -0.2) is 8.42 Å². The summed E-state index contributed by atoms with van der Waals surface area (Å²) in [5.41, 5.74) is 1.83. The van der Waals surface area contributed by atoms with E-state index in [1.54, 1.807) is 24.3 Å². The molecule has 0 atom stereocenters. The summed E-state index contributed by atoms with van der Waals surface area (Å²) in [4.78, 5) is 0.222. The lowest BCUT2D eigenvalue weighted by molar-refractivity contribution is 0.482. The number of sulfonamides is 1. The molecule has 0 aliphatic heterocycles. The van der Waals surface area contributed by atoms with Crippen molar-refractivity contribution in [3.8, 4) is 24.2 Å². The van der Waals surface area contributed by atoms with E-state index in [0.29, 0.717) is 0 Å². The summed E-state index contributed by atoms with van der Waals surface area (Å²) >= 11 is 0. The first-order chi connectivity index (χ1) is 11.0. The molecular weight excluding hydrogens is 306 g/mol. The van der Waals surface area contributed by atoms with Gasteiger partial charge in [0.2, 0.25) is 10.0 Å². The highest BCUT2D eigenvalue weighted by atomic mass is 32.2. The van der Waals surface area contributed by atoms with Gasteiger partial charge in [-0.2, -0.15) is 4.31 Å². The van der Waals surface area contributed by atoms with Gasteiger partial charge < -0.3 is 0 Å². The Balaban J connectivity index is 2.23. The first-order valence-electron chi connectivity index (χ1n) is 7.08. The van der Waals surface area contributed by atoms with Gasteiger partial charge in [0.25, 0.3) is 0 Å². The summed E-state index contributed by atoms with van der Waals surface area (Å²) in [6.07, 6.45) is 5.31. The van der Waals surface area contributed by atoms with Gasteiger partial charge >= 0.3 is 0 Å². The molecule has 23 heavy (non-hydrogen) atoms. The van der Waals surface area contributed by atoms with Crippen LogP contribution in [0.5, 0.6) is 0 Å². The zero-order valence-corrected chi connectivity index (χ0v) is 13.7. The van der Waals surface area contributed by atoms with Crippen LogP contribution in [0.25, 0.3) is 0 Å².